The van der Waals surface area contributed by atoms with Crippen molar-refractivity contribution in [2.75, 3.05) is 0 Å². The number of hydrogen-bond acceptors (Lipinski definition) is 3. The van der Waals surface area contributed by atoms with E-state index in [1.165, 1.54) is 30.3 Å². The second-order valence-corrected chi connectivity index (χ2v) is 4.85. The van der Waals surface area contributed by atoms with Gasteiger partial charge in [0.15, 0.2) is 5.78 Å². The topological polar surface area (TPSA) is 86.2 Å². The fourth-order valence-corrected chi connectivity index (χ4v) is 2.06. The third-order valence-electron chi connectivity index (χ3n) is 3.13. The number of nitrogens with two attached hydrogens (primary N) is 2. The van der Waals surface area contributed by atoms with Crippen molar-refractivity contribution >= 4 is 11.7 Å². The smallest absolute Gasteiger partial charge is 0.238 e. The zero-order valence-electron chi connectivity index (χ0n) is 11.5. The summed E-state index contributed by atoms with van der Waals surface area (Å²) in [7, 11) is 0. The normalized spacial score (nSPS) is 12.0. The van der Waals surface area contributed by atoms with Crippen LogP contribution in [0.4, 0.5) is 4.39 Å². The van der Waals surface area contributed by atoms with Gasteiger partial charge in [-0.05, 0) is 48.9 Å². The first-order chi connectivity index (χ1) is 9.88. The minimum absolute atomic E-state index is 0.267. The number of carbonyl (C=O) groups excluding carboxylic acids is 2. The lowest BCUT2D eigenvalue weighted by molar-refractivity contribution is -0.119. The summed E-state index contributed by atoms with van der Waals surface area (Å²) in [5.74, 6) is -1.34. The van der Waals surface area contributed by atoms with Crippen LogP contribution in [0, 0.1) is 12.7 Å². The van der Waals surface area contributed by atoms with Gasteiger partial charge in [-0.15, -0.1) is 0 Å². The fourth-order valence-electron chi connectivity index (χ4n) is 2.06. The summed E-state index contributed by atoms with van der Waals surface area (Å²) >= 11 is 0. The molecule has 2 rings (SSSR count). The average Bonchev–Trinajstić information content (AvgIpc) is 2.45. The highest BCUT2D eigenvalue weighted by Crippen LogP contribution is 2.18. The molecule has 1 atom stereocenters. The Hall–Kier alpha value is -2.53. The number of carbonyl (C=O) groups is 2. The van der Waals surface area contributed by atoms with Gasteiger partial charge in [0.25, 0.3) is 0 Å². The number of amides is 1. The van der Waals surface area contributed by atoms with Crippen LogP contribution in [0.5, 0.6) is 0 Å². The molecule has 4 nitrogen and oxygen atoms in total. The van der Waals surface area contributed by atoms with E-state index in [0.717, 1.165) is 5.56 Å². The molecular formula is C16H15FN2O2. The molecule has 0 fully saturated rings. The number of halogens is 1. The highest BCUT2D eigenvalue weighted by Gasteiger charge is 2.16. The molecule has 0 aromatic heterocycles. The van der Waals surface area contributed by atoms with Crippen molar-refractivity contribution in [3.05, 3.63) is 70.5 Å². The highest BCUT2D eigenvalue weighted by molar-refractivity contribution is 6.09. The van der Waals surface area contributed by atoms with Crippen molar-refractivity contribution in [3.8, 4) is 0 Å². The maximum Gasteiger partial charge on any atom is 0.238 e. The largest absolute Gasteiger partial charge is 0.368 e. The van der Waals surface area contributed by atoms with Crippen molar-refractivity contribution < 1.29 is 14.0 Å². The molecule has 2 aromatic rings. The van der Waals surface area contributed by atoms with Gasteiger partial charge in [0.2, 0.25) is 5.91 Å². The molecule has 0 saturated carbocycles. The van der Waals surface area contributed by atoms with Crippen molar-refractivity contribution in [2.45, 2.75) is 13.0 Å². The molecule has 0 saturated heterocycles. The second kappa shape index (κ2) is 5.85. The monoisotopic (exact) mass is 286 g/mol. The van der Waals surface area contributed by atoms with E-state index in [9.17, 15) is 14.0 Å². The van der Waals surface area contributed by atoms with Crippen LogP contribution < -0.4 is 11.5 Å². The van der Waals surface area contributed by atoms with Crippen LogP contribution in [-0.2, 0) is 4.79 Å². The molecule has 2 aromatic carbocycles. The Labute approximate surface area is 121 Å². The molecule has 1 amide bonds. The van der Waals surface area contributed by atoms with Gasteiger partial charge in [0, 0.05) is 11.1 Å². The number of rotatable bonds is 4. The first-order valence-corrected chi connectivity index (χ1v) is 6.35. The Morgan fingerprint density at radius 2 is 1.67 bits per heavy atom. The molecule has 4 N–H and O–H groups in total. The second-order valence-electron chi connectivity index (χ2n) is 4.85. The Morgan fingerprint density at radius 3 is 2.24 bits per heavy atom. The molecule has 0 spiro atoms. The van der Waals surface area contributed by atoms with E-state index in [1.54, 1.807) is 19.1 Å². The van der Waals surface area contributed by atoms with Crippen LogP contribution in [0.25, 0.3) is 0 Å². The Bertz CT molecular complexity index is 696. The van der Waals surface area contributed by atoms with E-state index in [0.29, 0.717) is 16.7 Å². The quantitative estimate of drug-likeness (QED) is 0.841. The molecule has 108 valence electrons. The first-order valence-electron chi connectivity index (χ1n) is 6.35. The van der Waals surface area contributed by atoms with Crippen molar-refractivity contribution in [1.82, 2.24) is 0 Å². The van der Waals surface area contributed by atoms with E-state index in [2.05, 4.69) is 0 Å². The van der Waals surface area contributed by atoms with Crippen molar-refractivity contribution in [1.29, 1.82) is 0 Å². The Balaban J connectivity index is 2.42. The van der Waals surface area contributed by atoms with Crippen LogP contribution in [0.2, 0.25) is 0 Å². The molecule has 0 aliphatic heterocycles. The predicted molar refractivity (Wildman–Crippen MR) is 77.1 cm³/mol. The third kappa shape index (κ3) is 3.32. The molecule has 21 heavy (non-hydrogen) atoms. The SMILES string of the molecule is Cc1cc(C(=O)c2ccc(F)cc2)cc(C(N)C(N)=O)c1. The van der Waals surface area contributed by atoms with Gasteiger partial charge in [0.1, 0.15) is 11.9 Å². The molecule has 0 aliphatic carbocycles. The van der Waals surface area contributed by atoms with Crippen LogP contribution in [-0.4, -0.2) is 11.7 Å². The summed E-state index contributed by atoms with van der Waals surface area (Å²) < 4.78 is 12.9. The van der Waals surface area contributed by atoms with Gasteiger partial charge in [-0.2, -0.15) is 0 Å². The van der Waals surface area contributed by atoms with Gasteiger partial charge in [-0.25, -0.2) is 4.39 Å². The number of hydrogen-bond donors (Lipinski definition) is 2. The minimum Gasteiger partial charge on any atom is -0.368 e. The van der Waals surface area contributed by atoms with Crippen LogP contribution >= 0.6 is 0 Å². The van der Waals surface area contributed by atoms with E-state index >= 15 is 0 Å². The molecule has 0 aliphatic rings. The molecule has 0 radical (unpaired) electrons. The summed E-state index contributed by atoms with van der Waals surface area (Å²) in [5.41, 5.74) is 12.9. The average molecular weight is 286 g/mol. The van der Waals surface area contributed by atoms with Crippen LogP contribution in [0.15, 0.2) is 42.5 Å². The summed E-state index contributed by atoms with van der Waals surface area (Å²) in [6.07, 6.45) is 0. The van der Waals surface area contributed by atoms with Gasteiger partial charge >= 0.3 is 0 Å². The fraction of sp³-hybridized carbons (Fsp3) is 0.125. The minimum atomic E-state index is -0.968. The third-order valence-corrected chi connectivity index (χ3v) is 3.13. The summed E-state index contributed by atoms with van der Waals surface area (Å²) in [6, 6.07) is 9.22. The maximum atomic E-state index is 12.9. The summed E-state index contributed by atoms with van der Waals surface area (Å²) in [5, 5.41) is 0. The summed E-state index contributed by atoms with van der Waals surface area (Å²) in [6.45, 7) is 1.79. The lowest BCUT2D eigenvalue weighted by Gasteiger charge is -2.11. The van der Waals surface area contributed by atoms with Gasteiger partial charge in [-0.1, -0.05) is 11.6 Å². The van der Waals surface area contributed by atoms with Gasteiger partial charge < -0.3 is 11.5 Å². The molecule has 1 unspecified atom stereocenters. The highest BCUT2D eigenvalue weighted by atomic mass is 19.1. The zero-order valence-corrected chi connectivity index (χ0v) is 11.5. The Morgan fingerprint density at radius 1 is 1.05 bits per heavy atom. The van der Waals surface area contributed by atoms with Crippen molar-refractivity contribution in [2.24, 2.45) is 11.5 Å². The van der Waals surface area contributed by atoms with E-state index < -0.39 is 17.8 Å². The lowest BCUT2D eigenvalue weighted by atomic mass is 9.96. The lowest BCUT2D eigenvalue weighted by Crippen LogP contribution is -2.28. The maximum absolute atomic E-state index is 12.9. The van der Waals surface area contributed by atoms with Crippen LogP contribution in [0.1, 0.15) is 33.1 Å². The van der Waals surface area contributed by atoms with E-state index in [4.69, 9.17) is 11.5 Å². The number of primary amides is 1. The van der Waals surface area contributed by atoms with Gasteiger partial charge in [-0.3, -0.25) is 9.59 Å². The molecule has 0 bridgehead atoms. The number of aryl methyl sites for hydroxylation is 1. The van der Waals surface area contributed by atoms with E-state index in [-0.39, 0.29) is 5.78 Å². The van der Waals surface area contributed by atoms with Crippen molar-refractivity contribution in [3.63, 3.8) is 0 Å². The molecule has 0 heterocycles. The van der Waals surface area contributed by atoms with Gasteiger partial charge in [0.05, 0.1) is 0 Å². The number of ketones is 1. The standard InChI is InChI=1S/C16H15FN2O2/c1-9-6-11(14(18)16(19)21)8-12(7-9)15(20)10-2-4-13(17)5-3-10/h2-8,14H,18H2,1H3,(H2,19,21). The number of benzene rings is 2. The first kappa shape index (κ1) is 14.9. The predicted octanol–water partition coefficient (Wildman–Crippen LogP) is 1.85. The molecular weight excluding hydrogens is 271 g/mol. The molecule has 5 heteroatoms. The summed E-state index contributed by atoms with van der Waals surface area (Å²) in [4.78, 5) is 23.5. The zero-order chi connectivity index (χ0) is 15.6. The van der Waals surface area contributed by atoms with Crippen LogP contribution in [0.3, 0.4) is 0 Å². The Kier molecular flexibility index (Phi) is 4.14. The van der Waals surface area contributed by atoms with E-state index in [1.807, 2.05) is 0 Å².